The van der Waals surface area contributed by atoms with E-state index in [0.717, 1.165) is 5.75 Å². The lowest BCUT2D eigenvalue weighted by Crippen LogP contribution is -2.41. The summed E-state index contributed by atoms with van der Waals surface area (Å²) in [7, 11) is 0. The molecular formula is C11H21NO4S. The van der Waals surface area contributed by atoms with Gasteiger partial charge in [0.15, 0.2) is 0 Å². The van der Waals surface area contributed by atoms with Crippen LogP contribution in [0.25, 0.3) is 0 Å². The van der Waals surface area contributed by atoms with Gasteiger partial charge < -0.3 is 15.2 Å². The molecule has 0 aromatic heterocycles. The maximum absolute atomic E-state index is 11.4. The van der Waals surface area contributed by atoms with Crippen LogP contribution in [0.3, 0.4) is 0 Å². The number of amides is 1. The molecule has 17 heavy (non-hydrogen) atoms. The van der Waals surface area contributed by atoms with Crippen LogP contribution in [0.1, 0.15) is 26.2 Å². The summed E-state index contributed by atoms with van der Waals surface area (Å²) in [4.78, 5) is 22.3. The maximum Gasteiger partial charge on any atom is 0.326 e. The van der Waals surface area contributed by atoms with Crippen LogP contribution in [0.15, 0.2) is 0 Å². The normalized spacial score (nSPS) is 12.1. The molecule has 0 spiro atoms. The molecule has 6 heteroatoms. The Labute approximate surface area is 106 Å². The number of carboxylic acids is 1. The Morgan fingerprint density at radius 3 is 2.71 bits per heavy atom. The first-order valence-electron chi connectivity index (χ1n) is 5.70. The van der Waals surface area contributed by atoms with Crippen molar-refractivity contribution in [1.82, 2.24) is 5.32 Å². The van der Waals surface area contributed by atoms with Crippen molar-refractivity contribution in [3.63, 3.8) is 0 Å². The van der Waals surface area contributed by atoms with Gasteiger partial charge in [0.05, 0.1) is 0 Å². The van der Waals surface area contributed by atoms with Gasteiger partial charge in [0.25, 0.3) is 0 Å². The highest BCUT2D eigenvalue weighted by Gasteiger charge is 2.18. The Morgan fingerprint density at radius 1 is 1.47 bits per heavy atom. The van der Waals surface area contributed by atoms with Gasteiger partial charge in [-0.2, -0.15) is 11.8 Å². The summed E-state index contributed by atoms with van der Waals surface area (Å²) in [6.45, 7) is 3.06. The first kappa shape index (κ1) is 16.2. The van der Waals surface area contributed by atoms with E-state index in [4.69, 9.17) is 9.84 Å². The van der Waals surface area contributed by atoms with E-state index in [1.54, 1.807) is 11.8 Å². The predicted octanol–water partition coefficient (Wildman–Crippen LogP) is 1.13. The number of carbonyl (C=O) groups is 2. The number of nitrogens with one attached hydrogen (secondary N) is 1. The summed E-state index contributed by atoms with van der Waals surface area (Å²) >= 11 is 1.56. The number of carbonyl (C=O) groups excluding carboxylic acids is 1. The predicted molar refractivity (Wildman–Crippen MR) is 68.3 cm³/mol. The number of carboxylic acid groups (broad SMARTS) is 1. The summed E-state index contributed by atoms with van der Waals surface area (Å²) in [6.07, 6.45) is 3.29. The van der Waals surface area contributed by atoms with Crippen LogP contribution >= 0.6 is 11.8 Å². The van der Waals surface area contributed by atoms with Crippen molar-refractivity contribution in [3.8, 4) is 0 Å². The lowest BCUT2D eigenvalue weighted by atomic mass is 10.2. The zero-order chi connectivity index (χ0) is 13.1. The fourth-order valence-electron chi connectivity index (χ4n) is 1.24. The van der Waals surface area contributed by atoms with E-state index in [2.05, 4.69) is 5.32 Å². The fraction of sp³-hybridized carbons (Fsp3) is 0.818. The Hall–Kier alpha value is -0.750. The van der Waals surface area contributed by atoms with Gasteiger partial charge in [-0.3, -0.25) is 4.79 Å². The second kappa shape index (κ2) is 10.4. The molecule has 0 saturated heterocycles. The molecule has 0 bridgehead atoms. The minimum atomic E-state index is -0.975. The van der Waals surface area contributed by atoms with Crippen LogP contribution in [-0.2, 0) is 14.3 Å². The smallest absolute Gasteiger partial charge is 0.326 e. The van der Waals surface area contributed by atoms with E-state index in [-0.39, 0.29) is 5.91 Å². The van der Waals surface area contributed by atoms with Crippen LogP contribution in [-0.4, -0.2) is 48.2 Å². The molecule has 0 aromatic rings. The number of hydrogen-bond acceptors (Lipinski definition) is 4. The molecule has 0 heterocycles. The minimum Gasteiger partial charge on any atom is -0.480 e. The number of aliphatic carboxylic acids is 1. The van der Waals surface area contributed by atoms with Gasteiger partial charge in [-0.05, 0) is 31.8 Å². The SMILES string of the molecule is CCOCCCC(=O)N[C@@H](CCSC)C(=O)O. The summed E-state index contributed by atoms with van der Waals surface area (Å²) in [5.41, 5.74) is 0. The van der Waals surface area contributed by atoms with Gasteiger partial charge in [0.2, 0.25) is 5.91 Å². The molecule has 0 saturated carbocycles. The third-order valence-electron chi connectivity index (χ3n) is 2.14. The highest BCUT2D eigenvalue weighted by molar-refractivity contribution is 7.98. The molecule has 0 unspecified atom stereocenters. The Morgan fingerprint density at radius 2 is 2.18 bits per heavy atom. The van der Waals surface area contributed by atoms with Crippen LogP contribution < -0.4 is 5.32 Å². The minimum absolute atomic E-state index is 0.224. The van der Waals surface area contributed by atoms with Gasteiger partial charge in [0.1, 0.15) is 6.04 Å². The van der Waals surface area contributed by atoms with Crippen LogP contribution in [0.2, 0.25) is 0 Å². The van der Waals surface area contributed by atoms with E-state index in [1.165, 1.54) is 0 Å². The largest absolute Gasteiger partial charge is 0.480 e. The summed E-state index contributed by atoms with van der Waals surface area (Å²) < 4.78 is 5.10. The van der Waals surface area contributed by atoms with Crippen LogP contribution in [0, 0.1) is 0 Å². The highest BCUT2D eigenvalue weighted by atomic mass is 32.2. The topological polar surface area (TPSA) is 75.6 Å². The quantitative estimate of drug-likeness (QED) is 0.578. The summed E-state index contributed by atoms with van der Waals surface area (Å²) in [6, 6.07) is -0.776. The molecule has 0 aliphatic carbocycles. The molecule has 0 radical (unpaired) electrons. The molecule has 0 rings (SSSR count). The third kappa shape index (κ3) is 9.00. The molecule has 0 aromatic carbocycles. The Balaban J connectivity index is 3.83. The lowest BCUT2D eigenvalue weighted by Gasteiger charge is -2.13. The van der Waals surface area contributed by atoms with E-state index in [1.807, 2.05) is 13.2 Å². The van der Waals surface area contributed by atoms with Crippen LogP contribution in [0.4, 0.5) is 0 Å². The average molecular weight is 263 g/mol. The van der Waals surface area contributed by atoms with Gasteiger partial charge in [0, 0.05) is 19.6 Å². The molecule has 0 aliphatic heterocycles. The fourth-order valence-corrected chi connectivity index (χ4v) is 1.71. The lowest BCUT2D eigenvalue weighted by molar-refractivity contribution is -0.141. The highest BCUT2D eigenvalue weighted by Crippen LogP contribution is 2.02. The average Bonchev–Trinajstić information content (AvgIpc) is 2.29. The standard InChI is InChI=1S/C11H21NO4S/c1-3-16-7-4-5-10(13)12-9(11(14)15)6-8-17-2/h9H,3-8H2,1-2H3,(H,12,13)(H,14,15)/t9-/m0/s1. The van der Waals surface area contributed by atoms with Crippen molar-refractivity contribution in [2.24, 2.45) is 0 Å². The zero-order valence-corrected chi connectivity index (χ0v) is 11.2. The van der Waals surface area contributed by atoms with Crippen molar-refractivity contribution < 1.29 is 19.4 Å². The van der Waals surface area contributed by atoms with Gasteiger partial charge >= 0.3 is 5.97 Å². The van der Waals surface area contributed by atoms with Crippen molar-refractivity contribution in [3.05, 3.63) is 0 Å². The van der Waals surface area contributed by atoms with E-state index < -0.39 is 12.0 Å². The van der Waals surface area contributed by atoms with Crippen LogP contribution in [0.5, 0.6) is 0 Å². The number of rotatable bonds is 10. The van der Waals surface area contributed by atoms with Crippen molar-refractivity contribution in [1.29, 1.82) is 0 Å². The van der Waals surface area contributed by atoms with Gasteiger partial charge in [-0.1, -0.05) is 0 Å². The monoisotopic (exact) mass is 263 g/mol. The summed E-state index contributed by atoms with van der Waals surface area (Å²) in [5, 5.41) is 11.4. The van der Waals surface area contributed by atoms with E-state index >= 15 is 0 Å². The number of thioether (sulfide) groups is 1. The van der Waals surface area contributed by atoms with Gasteiger partial charge in [-0.25, -0.2) is 4.79 Å². The van der Waals surface area contributed by atoms with Gasteiger partial charge in [-0.15, -0.1) is 0 Å². The first-order valence-corrected chi connectivity index (χ1v) is 7.10. The number of ether oxygens (including phenoxy) is 1. The van der Waals surface area contributed by atoms with E-state index in [0.29, 0.717) is 32.5 Å². The molecule has 5 nitrogen and oxygen atoms in total. The Bertz CT molecular complexity index is 236. The molecule has 0 aliphatic rings. The second-order valence-electron chi connectivity index (χ2n) is 3.54. The third-order valence-corrected chi connectivity index (χ3v) is 2.78. The van der Waals surface area contributed by atoms with Crippen molar-refractivity contribution >= 4 is 23.6 Å². The van der Waals surface area contributed by atoms with E-state index in [9.17, 15) is 9.59 Å². The molecule has 0 fully saturated rings. The molecule has 2 N–H and O–H groups in total. The molecule has 1 atom stereocenters. The second-order valence-corrected chi connectivity index (χ2v) is 4.53. The van der Waals surface area contributed by atoms with Crippen molar-refractivity contribution in [2.75, 3.05) is 25.2 Å². The molecule has 1 amide bonds. The number of hydrogen-bond donors (Lipinski definition) is 2. The summed E-state index contributed by atoms with van der Waals surface area (Å²) in [5.74, 6) is -0.480. The maximum atomic E-state index is 11.4. The molecular weight excluding hydrogens is 242 g/mol. The first-order chi connectivity index (χ1) is 8.11. The van der Waals surface area contributed by atoms with Crippen molar-refractivity contribution in [2.45, 2.75) is 32.2 Å². The Kier molecular flexibility index (Phi) is 9.95. The zero-order valence-electron chi connectivity index (χ0n) is 10.4. The molecule has 100 valence electrons.